The van der Waals surface area contributed by atoms with E-state index in [0.717, 1.165) is 6.08 Å². The molecule has 0 aliphatic heterocycles. The Morgan fingerprint density at radius 3 is 2.81 bits per heavy atom. The van der Waals surface area contributed by atoms with Crippen LogP contribution in [0.3, 0.4) is 0 Å². The van der Waals surface area contributed by atoms with Gasteiger partial charge in [-0.1, -0.05) is 0 Å². The van der Waals surface area contributed by atoms with Gasteiger partial charge in [0.05, 0.1) is 6.10 Å². The van der Waals surface area contributed by atoms with Crippen LogP contribution in [0.1, 0.15) is 16.5 Å². The minimum absolute atomic E-state index is 0.0304. The number of carbonyl (C=O) groups is 1. The highest BCUT2D eigenvalue weighted by Gasteiger charge is 2.17. The number of aliphatic hydroxyl groups is 2. The molecule has 0 radical (unpaired) electrons. The zero-order valence-electron chi connectivity index (χ0n) is 8.41. The van der Waals surface area contributed by atoms with Gasteiger partial charge in [-0.2, -0.15) is 0 Å². The standard InChI is InChI=1S/C10H13NO4S/c11-4-8(12)10(15)6-3-7(16-5-6)1-2-9(13)14/h1-3,5,8,10,12,15H,4,11H2,(H,13,14)/b2-1+. The number of thiophene rings is 1. The van der Waals surface area contributed by atoms with Crippen molar-refractivity contribution in [2.24, 2.45) is 5.73 Å². The maximum absolute atomic E-state index is 10.3. The second-order valence-corrected chi connectivity index (χ2v) is 4.14. The van der Waals surface area contributed by atoms with Crippen molar-refractivity contribution < 1.29 is 20.1 Å². The third kappa shape index (κ3) is 3.42. The van der Waals surface area contributed by atoms with E-state index >= 15 is 0 Å². The summed E-state index contributed by atoms with van der Waals surface area (Å²) in [6.07, 6.45) is 0.401. The first kappa shape index (κ1) is 12.9. The summed E-state index contributed by atoms with van der Waals surface area (Å²) < 4.78 is 0. The molecule has 88 valence electrons. The zero-order chi connectivity index (χ0) is 12.1. The fourth-order valence-corrected chi connectivity index (χ4v) is 1.95. The second kappa shape index (κ2) is 5.76. The fraction of sp³-hybridized carbons (Fsp3) is 0.300. The molecule has 0 aromatic carbocycles. The highest BCUT2D eigenvalue weighted by atomic mass is 32.1. The van der Waals surface area contributed by atoms with E-state index in [1.54, 1.807) is 11.4 Å². The van der Waals surface area contributed by atoms with E-state index in [4.69, 9.17) is 10.8 Å². The smallest absolute Gasteiger partial charge is 0.328 e. The number of carboxylic acid groups (broad SMARTS) is 1. The number of aliphatic hydroxyl groups excluding tert-OH is 2. The average Bonchev–Trinajstić information content (AvgIpc) is 2.72. The Morgan fingerprint density at radius 2 is 2.25 bits per heavy atom. The summed E-state index contributed by atoms with van der Waals surface area (Å²) >= 11 is 1.29. The number of nitrogens with two attached hydrogens (primary N) is 1. The minimum atomic E-state index is -1.03. The Kier molecular flexibility index (Phi) is 4.63. The lowest BCUT2D eigenvalue weighted by atomic mass is 10.1. The first-order valence-corrected chi connectivity index (χ1v) is 5.48. The molecule has 0 bridgehead atoms. The number of carboxylic acids is 1. The van der Waals surface area contributed by atoms with Gasteiger partial charge in [-0.3, -0.25) is 0 Å². The highest BCUT2D eigenvalue weighted by Crippen LogP contribution is 2.24. The molecular weight excluding hydrogens is 230 g/mol. The normalized spacial score (nSPS) is 15.2. The Hall–Kier alpha value is -1.21. The van der Waals surface area contributed by atoms with Crippen molar-refractivity contribution in [1.29, 1.82) is 0 Å². The molecule has 0 amide bonds. The van der Waals surface area contributed by atoms with Crippen molar-refractivity contribution in [1.82, 2.24) is 0 Å². The molecular formula is C10H13NO4S. The molecule has 0 fully saturated rings. The summed E-state index contributed by atoms with van der Waals surface area (Å²) in [6.45, 7) is -0.0304. The van der Waals surface area contributed by atoms with Crippen LogP contribution in [0.4, 0.5) is 0 Å². The molecule has 5 nitrogen and oxygen atoms in total. The third-order valence-electron chi connectivity index (χ3n) is 1.98. The quantitative estimate of drug-likeness (QED) is 0.553. The topological polar surface area (TPSA) is 104 Å². The van der Waals surface area contributed by atoms with E-state index in [1.807, 2.05) is 0 Å². The molecule has 0 saturated carbocycles. The van der Waals surface area contributed by atoms with Gasteiger partial charge in [-0.05, 0) is 23.1 Å². The first-order chi connectivity index (χ1) is 7.54. The third-order valence-corrected chi connectivity index (χ3v) is 2.89. The molecule has 2 unspecified atom stereocenters. The average molecular weight is 243 g/mol. The molecule has 0 aliphatic rings. The van der Waals surface area contributed by atoms with Gasteiger partial charge in [0.1, 0.15) is 6.10 Å². The highest BCUT2D eigenvalue weighted by molar-refractivity contribution is 7.11. The van der Waals surface area contributed by atoms with Crippen molar-refractivity contribution in [3.05, 3.63) is 28.0 Å². The van der Waals surface area contributed by atoms with Crippen LogP contribution < -0.4 is 5.73 Å². The van der Waals surface area contributed by atoms with Crippen molar-refractivity contribution in [2.45, 2.75) is 12.2 Å². The van der Waals surface area contributed by atoms with Gasteiger partial charge in [0.25, 0.3) is 0 Å². The summed E-state index contributed by atoms with van der Waals surface area (Å²) in [5, 5.41) is 29.0. The van der Waals surface area contributed by atoms with Gasteiger partial charge < -0.3 is 21.1 Å². The number of aliphatic carboxylic acids is 1. The van der Waals surface area contributed by atoms with Crippen LogP contribution in [-0.4, -0.2) is 33.9 Å². The minimum Gasteiger partial charge on any atom is -0.478 e. The van der Waals surface area contributed by atoms with Crippen LogP contribution >= 0.6 is 11.3 Å². The van der Waals surface area contributed by atoms with E-state index in [-0.39, 0.29) is 6.54 Å². The summed E-state index contributed by atoms with van der Waals surface area (Å²) in [6, 6.07) is 1.62. The van der Waals surface area contributed by atoms with E-state index < -0.39 is 18.2 Å². The summed E-state index contributed by atoms with van der Waals surface area (Å²) in [5.74, 6) is -1.03. The molecule has 0 spiro atoms. The molecule has 16 heavy (non-hydrogen) atoms. The summed E-state index contributed by atoms with van der Waals surface area (Å²) in [5.41, 5.74) is 5.75. The number of hydrogen-bond donors (Lipinski definition) is 4. The van der Waals surface area contributed by atoms with Crippen LogP contribution in [0, 0.1) is 0 Å². The monoisotopic (exact) mass is 243 g/mol. The van der Waals surface area contributed by atoms with Crippen LogP contribution in [0.15, 0.2) is 17.5 Å². The van der Waals surface area contributed by atoms with E-state index in [0.29, 0.717) is 10.4 Å². The molecule has 1 rings (SSSR count). The van der Waals surface area contributed by atoms with Gasteiger partial charge >= 0.3 is 5.97 Å². The van der Waals surface area contributed by atoms with Gasteiger partial charge in [0.2, 0.25) is 0 Å². The Labute approximate surface area is 96.5 Å². The SMILES string of the molecule is NCC(O)C(O)c1csc(/C=C/C(=O)O)c1. The molecule has 1 aromatic heterocycles. The van der Waals surface area contributed by atoms with E-state index in [2.05, 4.69) is 0 Å². The zero-order valence-corrected chi connectivity index (χ0v) is 9.22. The molecule has 5 N–H and O–H groups in total. The lowest BCUT2D eigenvalue weighted by Crippen LogP contribution is -2.26. The molecule has 2 atom stereocenters. The second-order valence-electron chi connectivity index (χ2n) is 3.20. The molecule has 6 heteroatoms. The Bertz CT molecular complexity index is 388. The van der Waals surface area contributed by atoms with Crippen molar-refractivity contribution in [3.8, 4) is 0 Å². The van der Waals surface area contributed by atoms with E-state index in [1.165, 1.54) is 17.4 Å². The Balaban J connectivity index is 2.74. The number of hydrogen-bond acceptors (Lipinski definition) is 5. The maximum Gasteiger partial charge on any atom is 0.328 e. The van der Waals surface area contributed by atoms with Crippen LogP contribution in [0.2, 0.25) is 0 Å². The predicted molar refractivity (Wildman–Crippen MR) is 61.0 cm³/mol. The van der Waals surface area contributed by atoms with Crippen LogP contribution in [-0.2, 0) is 4.79 Å². The molecule has 1 heterocycles. The van der Waals surface area contributed by atoms with Gasteiger partial charge in [0.15, 0.2) is 0 Å². The van der Waals surface area contributed by atoms with Crippen molar-refractivity contribution >= 4 is 23.4 Å². The summed E-state index contributed by atoms with van der Waals surface area (Å²) in [4.78, 5) is 11.0. The number of rotatable bonds is 5. The van der Waals surface area contributed by atoms with Crippen LogP contribution in [0.5, 0.6) is 0 Å². The molecule has 1 aromatic rings. The van der Waals surface area contributed by atoms with Crippen LogP contribution in [0.25, 0.3) is 6.08 Å². The molecule has 0 saturated heterocycles. The lowest BCUT2D eigenvalue weighted by Gasteiger charge is -2.14. The van der Waals surface area contributed by atoms with Crippen molar-refractivity contribution in [2.75, 3.05) is 6.54 Å². The molecule has 0 aliphatic carbocycles. The first-order valence-electron chi connectivity index (χ1n) is 4.60. The van der Waals surface area contributed by atoms with Gasteiger partial charge in [-0.25, -0.2) is 4.79 Å². The largest absolute Gasteiger partial charge is 0.478 e. The fourth-order valence-electron chi connectivity index (χ4n) is 1.12. The predicted octanol–water partition coefficient (Wildman–Crippen LogP) is 0.199. The van der Waals surface area contributed by atoms with Gasteiger partial charge in [0, 0.05) is 17.5 Å². The lowest BCUT2D eigenvalue weighted by molar-refractivity contribution is -0.131. The van der Waals surface area contributed by atoms with E-state index in [9.17, 15) is 15.0 Å². The van der Waals surface area contributed by atoms with Crippen molar-refractivity contribution in [3.63, 3.8) is 0 Å². The summed E-state index contributed by atoms with van der Waals surface area (Å²) in [7, 11) is 0. The Morgan fingerprint density at radius 1 is 1.56 bits per heavy atom. The van der Waals surface area contributed by atoms with Gasteiger partial charge in [-0.15, -0.1) is 11.3 Å². The maximum atomic E-state index is 10.3.